The van der Waals surface area contributed by atoms with Gasteiger partial charge in [0, 0.05) is 19.0 Å². The van der Waals surface area contributed by atoms with Gasteiger partial charge in [-0.2, -0.15) is 0 Å². The minimum absolute atomic E-state index is 0.157. The molecule has 0 atom stereocenters. The van der Waals surface area contributed by atoms with Crippen molar-refractivity contribution in [1.29, 1.82) is 0 Å². The van der Waals surface area contributed by atoms with Crippen molar-refractivity contribution in [2.45, 2.75) is 51.7 Å². The molecule has 0 bridgehead atoms. The highest BCUT2D eigenvalue weighted by atomic mass is 79.9. The van der Waals surface area contributed by atoms with E-state index in [1.54, 1.807) is 40.1 Å². The normalized spacial score (nSPS) is 29.9. The lowest BCUT2D eigenvalue weighted by molar-refractivity contribution is -0.0414. The Hall–Kier alpha value is -1.21. The van der Waals surface area contributed by atoms with Crippen LogP contribution in [0.15, 0.2) is 16.9 Å². The fourth-order valence-electron chi connectivity index (χ4n) is 2.72. The lowest BCUT2D eigenvalue weighted by Gasteiger charge is -2.52. The molecular formula is C15H22BrN3O3. The number of aliphatic hydroxyl groups is 1. The number of aromatic nitrogens is 2. The molecule has 0 unspecified atom stereocenters. The summed E-state index contributed by atoms with van der Waals surface area (Å²) < 4.78 is 21.2. The molecule has 7 heteroatoms. The van der Waals surface area contributed by atoms with Crippen LogP contribution in [0.25, 0.3) is 0 Å². The molecule has 1 aromatic rings. The standard InChI is InChI=1S/C15H22BrN3O3/c1-13(2,3)22-12(21)19-15(7-14(4,8-15)9-20)11-17-5-10(16)6-18-11/h5-6,20H,7-9H2,1-4H3,(H,19,21)/i9D2. The monoisotopic (exact) mass is 373 g/mol. The molecule has 1 heterocycles. The largest absolute Gasteiger partial charge is 0.444 e. The SMILES string of the molecule is [2H]C([2H])(O)C1(C)CC(NC(=O)OC(C)(C)C)(c2ncc(Br)cn2)C1. The first-order valence-corrected chi connectivity index (χ1v) is 7.77. The lowest BCUT2D eigenvalue weighted by atomic mass is 9.58. The number of hydrogen-bond donors (Lipinski definition) is 2. The molecule has 1 aliphatic rings. The Morgan fingerprint density at radius 2 is 2.05 bits per heavy atom. The van der Waals surface area contributed by atoms with Gasteiger partial charge in [-0.05, 0) is 55.0 Å². The van der Waals surface area contributed by atoms with Gasteiger partial charge >= 0.3 is 6.09 Å². The van der Waals surface area contributed by atoms with Gasteiger partial charge in [0.05, 0.1) is 7.21 Å². The second-order valence-corrected chi connectivity index (χ2v) is 7.88. The number of alkyl carbamates (subject to hydrolysis) is 1. The Morgan fingerprint density at radius 1 is 1.50 bits per heavy atom. The van der Waals surface area contributed by atoms with Crippen LogP contribution >= 0.6 is 15.9 Å². The summed E-state index contributed by atoms with van der Waals surface area (Å²) in [5, 5.41) is 12.6. The van der Waals surface area contributed by atoms with Gasteiger partial charge in [-0.15, -0.1) is 0 Å². The zero-order chi connectivity index (χ0) is 18.4. The summed E-state index contributed by atoms with van der Waals surface area (Å²) in [5.41, 5.74) is -2.66. The van der Waals surface area contributed by atoms with Crippen molar-refractivity contribution in [2.75, 3.05) is 6.56 Å². The molecule has 0 spiro atoms. The van der Waals surface area contributed by atoms with Gasteiger partial charge in [0.15, 0.2) is 5.82 Å². The van der Waals surface area contributed by atoms with Gasteiger partial charge < -0.3 is 15.2 Å². The second kappa shape index (κ2) is 5.77. The van der Waals surface area contributed by atoms with Gasteiger partial charge in [0.25, 0.3) is 0 Å². The van der Waals surface area contributed by atoms with Crippen LogP contribution in [0.4, 0.5) is 4.79 Å². The van der Waals surface area contributed by atoms with Crippen LogP contribution in [-0.2, 0) is 10.3 Å². The molecule has 2 rings (SSSR count). The third-order valence-corrected chi connectivity index (χ3v) is 3.85. The van der Waals surface area contributed by atoms with Crippen LogP contribution in [0.3, 0.4) is 0 Å². The summed E-state index contributed by atoms with van der Waals surface area (Å²) in [4.78, 5) is 20.7. The third-order valence-electron chi connectivity index (χ3n) is 3.44. The summed E-state index contributed by atoms with van der Waals surface area (Å²) in [6.45, 7) is 4.52. The van der Waals surface area contributed by atoms with Crippen molar-refractivity contribution < 1.29 is 17.4 Å². The van der Waals surface area contributed by atoms with E-state index in [9.17, 15) is 9.90 Å². The predicted octanol–water partition coefficient (Wildman–Crippen LogP) is 2.75. The molecule has 1 aromatic heterocycles. The molecule has 1 fully saturated rings. The molecule has 2 N–H and O–H groups in total. The van der Waals surface area contributed by atoms with Crippen molar-refractivity contribution in [1.82, 2.24) is 15.3 Å². The summed E-state index contributed by atoms with van der Waals surface area (Å²) in [6.07, 6.45) is 2.80. The van der Waals surface area contributed by atoms with E-state index in [-0.39, 0.29) is 12.8 Å². The number of carbonyl (C=O) groups is 1. The average Bonchev–Trinajstić information content (AvgIpc) is 2.33. The van der Waals surface area contributed by atoms with Gasteiger partial charge in [0.2, 0.25) is 0 Å². The maximum atomic E-state index is 12.2. The van der Waals surface area contributed by atoms with Crippen molar-refractivity contribution in [2.24, 2.45) is 5.41 Å². The van der Waals surface area contributed by atoms with E-state index in [1.165, 1.54) is 0 Å². The number of carbonyl (C=O) groups excluding carboxylic acids is 1. The number of rotatable bonds is 3. The summed E-state index contributed by atoms with van der Waals surface area (Å²) in [7, 11) is 0. The molecule has 0 aliphatic heterocycles. The summed E-state index contributed by atoms with van der Waals surface area (Å²) in [5.74, 6) is 0.360. The van der Waals surface area contributed by atoms with Crippen LogP contribution < -0.4 is 5.32 Å². The molecule has 6 nitrogen and oxygen atoms in total. The van der Waals surface area contributed by atoms with Crippen molar-refractivity contribution in [3.8, 4) is 0 Å². The summed E-state index contributed by atoms with van der Waals surface area (Å²) >= 11 is 3.26. The zero-order valence-electron chi connectivity index (χ0n) is 15.1. The second-order valence-electron chi connectivity index (χ2n) is 6.96. The first kappa shape index (κ1) is 14.4. The van der Waals surface area contributed by atoms with Crippen LogP contribution in [0, 0.1) is 5.41 Å². The van der Waals surface area contributed by atoms with E-state index in [1.807, 2.05) is 0 Å². The molecule has 0 saturated heterocycles. The Bertz CT molecular complexity index is 620. The highest BCUT2D eigenvalue weighted by Gasteiger charge is 2.55. The van der Waals surface area contributed by atoms with Crippen molar-refractivity contribution in [3.63, 3.8) is 0 Å². The van der Waals surface area contributed by atoms with E-state index in [0.717, 1.165) is 0 Å². The molecule has 1 aliphatic carbocycles. The maximum Gasteiger partial charge on any atom is 0.408 e. The summed E-state index contributed by atoms with van der Waals surface area (Å²) in [6, 6.07) is 0. The van der Waals surface area contributed by atoms with Gasteiger partial charge in [-0.3, -0.25) is 0 Å². The Morgan fingerprint density at radius 3 is 2.50 bits per heavy atom. The van der Waals surface area contributed by atoms with Crippen LogP contribution in [0.2, 0.25) is 0 Å². The highest BCUT2D eigenvalue weighted by molar-refractivity contribution is 9.10. The molecule has 122 valence electrons. The lowest BCUT2D eigenvalue weighted by Crippen LogP contribution is -2.61. The Labute approximate surface area is 141 Å². The number of hydrogen-bond acceptors (Lipinski definition) is 5. The van der Waals surface area contributed by atoms with Gasteiger partial charge in [-0.25, -0.2) is 14.8 Å². The van der Waals surface area contributed by atoms with Crippen LogP contribution in [0.1, 0.15) is 49.1 Å². The predicted molar refractivity (Wildman–Crippen MR) is 85.2 cm³/mol. The fourth-order valence-corrected chi connectivity index (χ4v) is 2.92. The fraction of sp³-hybridized carbons (Fsp3) is 0.667. The number of halogens is 1. The Balaban J connectivity index is 2.28. The van der Waals surface area contributed by atoms with E-state index in [4.69, 9.17) is 7.48 Å². The average molecular weight is 374 g/mol. The first-order chi connectivity index (χ1) is 10.8. The smallest absolute Gasteiger partial charge is 0.408 e. The van der Waals surface area contributed by atoms with E-state index in [0.29, 0.717) is 10.3 Å². The minimum Gasteiger partial charge on any atom is -0.444 e. The van der Waals surface area contributed by atoms with Crippen LogP contribution in [-0.4, -0.2) is 33.3 Å². The number of nitrogens with zero attached hydrogens (tertiary/aromatic N) is 2. The third kappa shape index (κ3) is 3.76. The highest BCUT2D eigenvalue weighted by Crippen LogP contribution is 2.52. The van der Waals surface area contributed by atoms with Crippen LogP contribution in [0.5, 0.6) is 0 Å². The van der Waals surface area contributed by atoms with E-state index < -0.39 is 29.2 Å². The minimum atomic E-state index is -2.37. The topological polar surface area (TPSA) is 84.3 Å². The van der Waals surface area contributed by atoms with Crippen molar-refractivity contribution >= 4 is 22.0 Å². The Kier molecular flexibility index (Phi) is 3.78. The quantitative estimate of drug-likeness (QED) is 0.850. The molecule has 22 heavy (non-hydrogen) atoms. The molecule has 0 radical (unpaired) electrons. The number of ether oxygens (including phenoxy) is 1. The zero-order valence-corrected chi connectivity index (χ0v) is 14.7. The molecule has 0 aromatic carbocycles. The first-order valence-electron chi connectivity index (χ1n) is 7.98. The number of nitrogens with one attached hydrogen (secondary N) is 1. The van der Waals surface area contributed by atoms with E-state index >= 15 is 0 Å². The molecule has 1 saturated carbocycles. The number of amides is 1. The maximum absolute atomic E-state index is 12.2. The van der Waals surface area contributed by atoms with Gasteiger partial charge in [0.1, 0.15) is 11.1 Å². The molecule has 1 amide bonds. The van der Waals surface area contributed by atoms with Crippen molar-refractivity contribution in [3.05, 3.63) is 22.7 Å². The van der Waals surface area contributed by atoms with E-state index in [2.05, 4.69) is 31.2 Å². The molecular weight excluding hydrogens is 350 g/mol. The van der Waals surface area contributed by atoms with Gasteiger partial charge in [-0.1, -0.05) is 6.92 Å².